The molecule has 0 radical (unpaired) electrons. The van der Waals surface area contributed by atoms with Crippen LogP contribution in [0.4, 0.5) is 0 Å². The molecule has 1 nitrogen and oxygen atoms in total. The van der Waals surface area contributed by atoms with E-state index in [1.54, 1.807) is 0 Å². The monoisotopic (exact) mass is 307 g/mol. The van der Waals surface area contributed by atoms with E-state index in [-0.39, 0.29) is 0 Å². The number of hydrogen-bond acceptors (Lipinski definition) is 0. The first kappa shape index (κ1) is 13.4. The lowest BCUT2D eigenvalue weighted by molar-refractivity contribution is 1.21. The fourth-order valence-corrected chi connectivity index (χ4v) is 3.81. The van der Waals surface area contributed by atoms with Crippen molar-refractivity contribution in [1.29, 1.82) is 0 Å². The highest BCUT2D eigenvalue weighted by Gasteiger charge is 2.14. The van der Waals surface area contributed by atoms with Crippen molar-refractivity contribution in [3.8, 4) is 11.3 Å². The number of nitrogens with zero attached hydrogens (tertiary/aromatic N) is 1. The third kappa shape index (κ3) is 1.82. The van der Waals surface area contributed by atoms with Crippen molar-refractivity contribution < 1.29 is 0 Å². The summed E-state index contributed by atoms with van der Waals surface area (Å²) in [5, 5.41) is 5.18. The lowest BCUT2D eigenvalue weighted by Gasteiger charge is -2.12. The number of pyridine rings is 1. The van der Waals surface area contributed by atoms with Crippen LogP contribution in [-0.4, -0.2) is 4.40 Å². The van der Waals surface area contributed by atoms with Crippen molar-refractivity contribution >= 4 is 27.1 Å². The van der Waals surface area contributed by atoms with Crippen LogP contribution in [0, 0.1) is 6.92 Å². The summed E-state index contributed by atoms with van der Waals surface area (Å²) in [6.45, 7) is 2.19. The van der Waals surface area contributed by atoms with E-state index in [0.29, 0.717) is 0 Å². The molecule has 0 unspecified atom stereocenters. The number of aryl methyl sites for hydroxylation is 1. The van der Waals surface area contributed by atoms with Crippen molar-refractivity contribution in [3.05, 3.63) is 90.6 Å². The Morgan fingerprint density at radius 2 is 1.29 bits per heavy atom. The molecule has 2 heterocycles. The van der Waals surface area contributed by atoms with Gasteiger partial charge in [-0.25, -0.2) is 0 Å². The first-order valence-electron chi connectivity index (χ1n) is 8.30. The molecule has 0 atom stereocenters. The van der Waals surface area contributed by atoms with Gasteiger partial charge in [0.05, 0.1) is 5.69 Å². The van der Waals surface area contributed by atoms with Crippen LogP contribution >= 0.6 is 0 Å². The number of aromatic nitrogens is 1. The molecule has 0 saturated heterocycles. The highest BCUT2D eigenvalue weighted by Crippen LogP contribution is 2.37. The van der Waals surface area contributed by atoms with E-state index in [1.165, 1.54) is 43.9 Å². The zero-order valence-corrected chi connectivity index (χ0v) is 13.5. The van der Waals surface area contributed by atoms with Crippen LogP contribution < -0.4 is 0 Å². The highest BCUT2D eigenvalue weighted by atomic mass is 14.9. The van der Waals surface area contributed by atoms with Crippen LogP contribution in [0.2, 0.25) is 0 Å². The standard InChI is InChI=1S/C23H17N/c1-16-14-22(24-13-7-6-12-21(16)24)23-19-10-4-2-8-17(19)15-18-9-3-5-11-20(18)23/h2-15H,1H3. The molecule has 114 valence electrons. The maximum absolute atomic E-state index is 2.31. The van der Waals surface area contributed by atoms with Crippen molar-refractivity contribution in [1.82, 2.24) is 4.40 Å². The predicted octanol–water partition coefficient (Wildman–Crippen LogP) is 6.22. The summed E-state index contributed by atoms with van der Waals surface area (Å²) in [5.74, 6) is 0. The number of fused-ring (bicyclic) bond motifs is 3. The molecule has 0 spiro atoms. The normalized spacial score (nSPS) is 11.5. The molecule has 0 saturated carbocycles. The predicted molar refractivity (Wildman–Crippen MR) is 103 cm³/mol. The molecule has 0 bridgehead atoms. The topological polar surface area (TPSA) is 4.41 Å². The number of rotatable bonds is 1. The minimum Gasteiger partial charge on any atom is -0.316 e. The lowest BCUT2D eigenvalue weighted by atomic mass is 9.95. The minimum absolute atomic E-state index is 1.26. The minimum atomic E-state index is 1.26. The summed E-state index contributed by atoms with van der Waals surface area (Å²) in [6, 6.07) is 28.3. The van der Waals surface area contributed by atoms with Gasteiger partial charge in [-0.15, -0.1) is 0 Å². The molecule has 0 aliphatic carbocycles. The van der Waals surface area contributed by atoms with Gasteiger partial charge >= 0.3 is 0 Å². The van der Waals surface area contributed by atoms with Gasteiger partial charge < -0.3 is 4.40 Å². The molecule has 0 fully saturated rings. The zero-order chi connectivity index (χ0) is 16.1. The van der Waals surface area contributed by atoms with Gasteiger partial charge in [-0.2, -0.15) is 0 Å². The third-order valence-electron chi connectivity index (χ3n) is 4.90. The quantitative estimate of drug-likeness (QED) is 0.324. The fraction of sp³-hybridized carbons (Fsp3) is 0.0435. The molecule has 24 heavy (non-hydrogen) atoms. The van der Waals surface area contributed by atoms with Crippen LogP contribution in [0.3, 0.4) is 0 Å². The van der Waals surface area contributed by atoms with Crippen LogP contribution in [0.1, 0.15) is 5.56 Å². The Labute approximate surface area is 140 Å². The molecule has 3 aromatic carbocycles. The number of benzene rings is 3. The van der Waals surface area contributed by atoms with Crippen LogP contribution in [-0.2, 0) is 0 Å². The molecule has 2 aromatic heterocycles. The highest BCUT2D eigenvalue weighted by molar-refractivity contribution is 6.12. The Kier molecular flexibility index (Phi) is 2.77. The summed E-state index contributed by atoms with van der Waals surface area (Å²) in [6.07, 6.45) is 2.16. The van der Waals surface area contributed by atoms with Gasteiger partial charge in [0.25, 0.3) is 0 Å². The molecule has 0 amide bonds. The van der Waals surface area contributed by atoms with Crippen molar-refractivity contribution in [3.63, 3.8) is 0 Å². The van der Waals surface area contributed by atoms with Gasteiger partial charge in [-0.05, 0) is 58.3 Å². The number of hydrogen-bond donors (Lipinski definition) is 0. The van der Waals surface area contributed by atoms with E-state index in [1.807, 2.05) is 0 Å². The first-order chi connectivity index (χ1) is 11.8. The van der Waals surface area contributed by atoms with Gasteiger partial charge in [-0.3, -0.25) is 0 Å². The molecule has 1 heteroatoms. The summed E-state index contributed by atoms with van der Waals surface area (Å²) in [5.41, 5.74) is 5.15. The van der Waals surface area contributed by atoms with Gasteiger partial charge in [0.1, 0.15) is 0 Å². The van der Waals surface area contributed by atoms with Crippen molar-refractivity contribution in [2.45, 2.75) is 6.92 Å². The van der Waals surface area contributed by atoms with E-state index in [4.69, 9.17) is 0 Å². The summed E-state index contributed by atoms with van der Waals surface area (Å²) in [7, 11) is 0. The van der Waals surface area contributed by atoms with E-state index >= 15 is 0 Å². The molecule has 5 aromatic rings. The van der Waals surface area contributed by atoms with Crippen molar-refractivity contribution in [2.24, 2.45) is 0 Å². The Hall–Kier alpha value is -3.06. The smallest absolute Gasteiger partial charge is 0.0543 e. The zero-order valence-electron chi connectivity index (χ0n) is 13.5. The van der Waals surface area contributed by atoms with Gasteiger partial charge in [0.2, 0.25) is 0 Å². The summed E-state index contributed by atoms with van der Waals surface area (Å²) in [4.78, 5) is 0. The molecule has 0 N–H and O–H groups in total. The van der Waals surface area contributed by atoms with Gasteiger partial charge in [-0.1, -0.05) is 54.6 Å². The van der Waals surface area contributed by atoms with Gasteiger partial charge in [0, 0.05) is 17.3 Å². The van der Waals surface area contributed by atoms with E-state index in [2.05, 4.69) is 96.4 Å². The fourth-order valence-electron chi connectivity index (χ4n) is 3.81. The summed E-state index contributed by atoms with van der Waals surface area (Å²) >= 11 is 0. The Bertz CT molecular complexity index is 1160. The Balaban J connectivity index is 2.03. The van der Waals surface area contributed by atoms with Crippen LogP contribution in [0.5, 0.6) is 0 Å². The second-order valence-corrected chi connectivity index (χ2v) is 6.36. The van der Waals surface area contributed by atoms with Crippen molar-refractivity contribution in [2.75, 3.05) is 0 Å². The lowest BCUT2D eigenvalue weighted by Crippen LogP contribution is -1.90. The molecular weight excluding hydrogens is 290 g/mol. The maximum atomic E-state index is 2.31. The molecule has 5 rings (SSSR count). The summed E-state index contributed by atoms with van der Waals surface area (Å²) < 4.78 is 2.31. The average molecular weight is 307 g/mol. The van der Waals surface area contributed by atoms with E-state index < -0.39 is 0 Å². The Morgan fingerprint density at radius 1 is 0.667 bits per heavy atom. The largest absolute Gasteiger partial charge is 0.316 e. The van der Waals surface area contributed by atoms with Gasteiger partial charge in [0.15, 0.2) is 0 Å². The Morgan fingerprint density at radius 3 is 2.00 bits per heavy atom. The third-order valence-corrected chi connectivity index (χ3v) is 4.90. The first-order valence-corrected chi connectivity index (χ1v) is 8.30. The second-order valence-electron chi connectivity index (χ2n) is 6.36. The van der Waals surface area contributed by atoms with Crippen LogP contribution in [0.25, 0.3) is 38.3 Å². The van der Waals surface area contributed by atoms with E-state index in [9.17, 15) is 0 Å². The molecule has 0 aliphatic heterocycles. The maximum Gasteiger partial charge on any atom is 0.0543 e. The van der Waals surface area contributed by atoms with E-state index in [0.717, 1.165) is 0 Å². The average Bonchev–Trinajstić information content (AvgIpc) is 2.96. The molecular formula is C23H17N. The molecule has 0 aliphatic rings. The second kappa shape index (κ2) is 4.97. The van der Waals surface area contributed by atoms with Crippen LogP contribution in [0.15, 0.2) is 85.1 Å². The SMILES string of the molecule is Cc1cc(-c2c3ccccc3cc3ccccc23)n2ccccc12.